The van der Waals surface area contributed by atoms with E-state index in [1.807, 2.05) is 13.8 Å². The Morgan fingerprint density at radius 3 is 2.43 bits per heavy atom. The number of unbranched alkanes of at least 4 members (excludes halogenated alkanes) is 2. The van der Waals surface area contributed by atoms with Crippen LogP contribution in [0.15, 0.2) is 17.0 Å². The summed E-state index contributed by atoms with van der Waals surface area (Å²) in [5, 5.41) is 2.69. The number of aryl methyl sites for hydroxylation is 2. The first-order valence-corrected chi connectivity index (χ1v) is 9.21. The molecule has 1 aromatic carbocycles. The summed E-state index contributed by atoms with van der Waals surface area (Å²) in [5.74, 6) is -0.0727. The van der Waals surface area contributed by atoms with Crippen molar-refractivity contribution >= 4 is 15.9 Å². The van der Waals surface area contributed by atoms with Gasteiger partial charge in [0.05, 0.1) is 13.7 Å². The van der Waals surface area contributed by atoms with Gasteiger partial charge in [-0.25, -0.2) is 13.1 Å². The van der Waals surface area contributed by atoms with E-state index in [4.69, 9.17) is 4.74 Å². The van der Waals surface area contributed by atoms with Crippen LogP contribution < -0.4 is 14.8 Å². The lowest BCUT2D eigenvalue weighted by atomic mass is 10.1. The van der Waals surface area contributed by atoms with Gasteiger partial charge in [-0.3, -0.25) is 4.79 Å². The number of amides is 1. The Morgan fingerprint density at radius 2 is 1.83 bits per heavy atom. The number of benzene rings is 1. The van der Waals surface area contributed by atoms with Crippen molar-refractivity contribution in [3.8, 4) is 5.75 Å². The largest absolute Gasteiger partial charge is 0.495 e. The van der Waals surface area contributed by atoms with Gasteiger partial charge in [-0.15, -0.1) is 0 Å². The molecule has 0 aliphatic rings. The molecule has 0 aliphatic carbocycles. The number of nitrogens with one attached hydrogen (secondary N) is 2. The monoisotopic (exact) mass is 342 g/mol. The van der Waals surface area contributed by atoms with Gasteiger partial charge in [0.1, 0.15) is 10.6 Å². The van der Waals surface area contributed by atoms with Gasteiger partial charge in [-0.05, 0) is 43.5 Å². The van der Waals surface area contributed by atoms with E-state index in [1.165, 1.54) is 7.11 Å². The maximum Gasteiger partial charge on any atom is 0.244 e. The third-order valence-electron chi connectivity index (χ3n) is 3.59. The lowest BCUT2D eigenvalue weighted by molar-refractivity contribution is -0.119. The predicted molar refractivity (Wildman–Crippen MR) is 90.2 cm³/mol. The minimum atomic E-state index is -3.81. The van der Waals surface area contributed by atoms with Crippen molar-refractivity contribution in [3.63, 3.8) is 0 Å². The van der Waals surface area contributed by atoms with Crippen molar-refractivity contribution in [1.29, 1.82) is 0 Å². The quantitative estimate of drug-likeness (QED) is 0.671. The second-order valence-electron chi connectivity index (χ2n) is 5.47. The normalized spacial score (nSPS) is 11.3. The minimum absolute atomic E-state index is 0.0434. The van der Waals surface area contributed by atoms with Crippen molar-refractivity contribution in [2.24, 2.45) is 0 Å². The van der Waals surface area contributed by atoms with Gasteiger partial charge in [0.2, 0.25) is 15.9 Å². The van der Waals surface area contributed by atoms with E-state index in [2.05, 4.69) is 17.0 Å². The molecule has 6 nitrogen and oxygen atoms in total. The summed E-state index contributed by atoms with van der Waals surface area (Å²) >= 11 is 0. The smallest absolute Gasteiger partial charge is 0.244 e. The van der Waals surface area contributed by atoms with Crippen molar-refractivity contribution in [2.75, 3.05) is 20.2 Å². The van der Waals surface area contributed by atoms with Crippen molar-refractivity contribution in [3.05, 3.63) is 23.3 Å². The number of ether oxygens (including phenoxy) is 1. The lowest BCUT2D eigenvalue weighted by Gasteiger charge is -2.13. The first-order chi connectivity index (χ1) is 10.8. The van der Waals surface area contributed by atoms with Crippen LogP contribution in [-0.4, -0.2) is 34.5 Å². The molecule has 0 fully saturated rings. The molecule has 0 heterocycles. The molecule has 130 valence electrons. The first-order valence-electron chi connectivity index (χ1n) is 7.73. The summed E-state index contributed by atoms with van der Waals surface area (Å²) in [7, 11) is -2.39. The average Bonchev–Trinajstić information content (AvgIpc) is 2.51. The van der Waals surface area contributed by atoms with Crippen molar-refractivity contribution in [1.82, 2.24) is 10.0 Å². The Bertz CT molecular complexity index is 642. The van der Waals surface area contributed by atoms with Gasteiger partial charge >= 0.3 is 0 Å². The highest BCUT2D eigenvalue weighted by molar-refractivity contribution is 7.89. The second-order valence-corrected chi connectivity index (χ2v) is 7.20. The zero-order valence-electron chi connectivity index (χ0n) is 14.2. The summed E-state index contributed by atoms with van der Waals surface area (Å²) in [6, 6.07) is 3.23. The summed E-state index contributed by atoms with van der Waals surface area (Å²) in [5.41, 5.74) is 1.78. The molecule has 1 aromatic rings. The highest BCUT2D eigenvalue weighted by Gasteiger charge is 2.21. The number of rotatable bonds is 9. The van der Waals surface area contributed by atoms with Crippen LogP contribution >= 0.6 is 0 Å². The first kappa shape index (κ1) is 19.4. The summed E-state index contributed by atoms with van der Waals surface area (Å²) in [4.78, 5) is 11.7. The number of hydrogen-bond donors (Lipinski definition) is 2. The van der Waals surface area contributed by atoms with Crippen LogP contribution in [0.1, 0.15) is 37.3 Å². The van der Waals surface area contributed by atoms with Crippen LogP contribution in [0.25, 0.3) is 0 Å². The van der Waals surface area contributed by atoms with E-state index in [-0.39, 0.29) is 23.1 Å². The molecule has 0 radical (unpaired) electrons. The van der Waals surface area contributed by atoms with Gasteiger partial charge in [0.15, 0.2) is 0 Å². The van der Waals surface area contributed by atoms with Crippen LogP contribution in [0, 0.1) is 13.8 Å². The topological polar surface area (TPSA) is 84.5 Å². The van der Waals surface area contributed by atoms with Gasteiger partial charge in [0.25, 0.3) is 0 Å². The fourth-order valence-corrected chi connectivity index (χ4v) is 3.25. The van der Waals surface area contributed by atoms with E-state index >= 15 is 0 Å². The van der Waals surface area contributed by atoms with E-state index in [9.17, 15) is 13.2 Å². The third-order valence-corrected chi connectivity index (χ3v) is 5.02. The van der Waals surface area contributed by atoms with Crippen molar-refractivity contribution < 1.29 is 17.9 Å². The van der Waals surface area contributed by atoms with Gasteiger partial charge in [0, 0.05) is 6.54 Å². The molecule has 1 amide bonds. The zero-order valence-corrected chi connectivity index (χ0v) is 15.0. The number of methoxy groups -OCH3 is 1. The highest BCUT2D eigenvalue weighted by Crippen LogP contribution is 2.26. The molecule has 0 unspecified atom stereocenters. The third kappa shape index (κ3) is 5.84. The summed E-state index contributed by atoms with van der Waals surface area (Å²) in [6.45, 7) is 6.05. The number of carbonyl (C=O) groups excluding carboxylic acids is 1. The Morgan fingerprint density at radius 1 is 1.17 bits per heavy atom. The number of sulfonamides is 1. The van der Waals surface area contributed by atoms with Crippen LogP contribution in [0.5, 0.6) is 5.75 Å². The van der Waals surface area contributed by atoms with Gasteiger partial charge < -0.3 is 10.1 Å². The molecular weight excluding hydrogens is 316 g/mol. The van der Waals surface area contributed by atoms with Crippen LogP contribution in [-0.2, 0) is 14.8 Å². The van der Waals surface area contributed by atoms with Crippen LogP contribution in [0.3, 0.4) is 0 Å². The van der Waals surface area contributed by atoms with Crippen molar-refractivity contribution in [2.45, 2.75) is 44.9 Å². The number of hydrogen-bond acceptors (Lipinski definition) is 4. The minimum Gasteiger partial charge on any atom is -0.495 e. The molecule has 0 saturated carbocycles. The molecule has 1 rings (SSSR count). The fourth-order valence-electron chi connectivity index (χ4n) is 2.04. The molecule has 7 heteroatoms. The van der Waals surface area contributed by atoms with Crippen LogP contribution in [0.4, 0.5) is 0 Å². The van der Waals surface area contributed by atoms with E-state index < -0.39 is 10.0 Å². The fraction of sp³-hybridized carbons (Fsp3) is 0.562. The molecule has 0 atom stereocenters. The molecular formula is C16H26N2O4S. The predicted octanol–water partition coefficient (Wildman–Crippen LogP) is 1.90. The Hall–Kier alpha value is -1.60. The second kappa shape index (κ2) is 8.88. The maximum absolute atomic E-state index is 12.4. The van der Waals surface area contributed by atoms with E-state index in [0.29, 0.717) is 6.54 Å². The van der Waals surface area contributed by atoms with Gasteiger partial charge in [-0.2, -0.15) is 0 Å². The molecule has 0 saturated heterocycles. The maximum atomic E-state index is 12.4. The molecule has 0 aliphatic heterocycles. The molecule has 0 bridgehead atoms. The molecule has 23 heavy (non-hydrogen) atoms. The van der Waals surface area contributed by atoms with E-state index in [1.54, 1.807) is 12.1 Å². The Balaban J connectivity index is 2.73. The summed E-state index contributed by atoms with van der Waals surface area (Å²) in [6.07, 6.45) is 2.99. The average molecular weight is 342 g/mol. The lowest BCUT2D eigenvalue weighted by Crippen LogP contribution is -2.37. The molecule has 2 N–H and O–H groups in total. The van der Waals surface area contributed by atoms with E-state index in [0.717, 1.165) is 30.4 Å². The highest BCUT2D eigenvalue weighted by atomic mass is 32.2. The summed E-state index contributed by atoms with van der Waals surface area (Å²) < 4.78 is 32.2. The van der Waals surface area contributed by atoms with Crippen LogP contribution in [0.2, 0.25) is 0 Å². The number of carbonyl (C=O) groups is 1. The zero-order chi connectivity index (χ0) is 17.5. The Labute approximate surface area is 138 Å². The molecule has 0 aromatic heterocycles. The standard InChI is InChI=1S/C16H26N2O4S/c1-5-6-7-8-17-16(19)11-18-23(20,21)15-10-13(3)12(2)9-14(15)22-4/h9-10,18H,5-8,11H2,1-4H3,(H,17,19). The van der Waals surface area contributed by atoms with Gasteiger partial charge in [-0.1, -0.05) is 19.8 Å². The molecule has 0 spiro atoms. The Kier molecular flexibility index (Phi) is 7.51. The SMILES string of the molecule is CCCCCNC(=O)CNS(=O)(=O)c1cc(C)c(C)cc1OC.